The Morgan fingerprint density at radius 1 is 0.952 bits per heavy atom. The van der Waals surface area contributed by atoms with Crippen LogP contribution < -0.4 is 0 Å². The fourth-order valence-corrected chi connectivity index (χ4v) is 2.28. The van der Waals surface area contributed by atoms with Crippen LogP contribution in [0.3, 0.4) is 0 Å². The lowest BCUT2D eigenvalue weighted by Gasteiger charge is -2.21. The normalized spacial score (nSPS) is 18.2. The third-order valence-electron chi connectivity index (χ3n) is 3.69. The Kier molecular flexibility index (Phi) is 3.50. The highest BCUT2D eigenvalue weighted by molar-refractivity contribution is 5.93. The number of ether oxygens (including phenoxy) is 1. The van der Waals surface area contributed by atoms with E-state index < -0.39 is 0 Å². The molecular weight excluding hydrogens is 260 g/mol. The second kappa shape index (κ2) is 5.32. The van der Waals surface area contributed by atoms with E-state index in [4.69, 9.17) is 9.73 Å². The maximum absolute atomic E-state index is 5.76. The first-order valence-corrected chi connectivity index (χ1v) is 7.27. The zero-order valence-corrected chi connectivity index (χ0v) is 12.7. The van der Waals surface area contributed by atoms with E-state index >= 15 is 0 Å². The Morgan fingerprint density at radius 2 is 1.67 bits per heavy atom. The zero-order chi connectivity index (χ0) is 14.9. The predicted octanol–water partition coefficient (Wildman–Crippen LogP) is 3.94. The molecule has 0 aliphatic carbocycles. The summed E-state index contributed by atoms with van der Waals surface area (Å²) in [6.07, 6.45) is 0. The van der Waals surface area contributed by atoms with Gasteiger partial charge in [0.15, 0.2) is 0 Å². The minimum atomic E-state index is 0.110. The Morgan fingerprint density at radius 3 is 2.33 bits per heavy atom. The standard InChI is InChI=1S/C18H20N2O/c1-18(2,3)16-12-21-17(20-16)15-11-7-10-14(19-15)13-8-5-4-6-9-13/h4-11,16H,12H2,1-3H3/t16-/m0/s1. The Bertz CT molecular complexity index is 656. The Labute approximate surface area is 125 Å². The minimum absolute atomic E-state index is 0.110. The molecule has 0 saturated heterocycles. The van der Waals surface area contributed by atoms with Crippen molar-refractivity contribution in [1.82, 2.24) is 4.98 Å². The van der Waals surface area contributed by atoms with Crippen molar-refractivity contribution in [3.63, 3.8) is 0 Å². The van der Waals surface area contributed by atoms with Gasteiger partial charge in [0.05, 0.1) is 11.7 Å². The lowest BCUT2D eigenvalue weighted by molar-refractivity contribution is 0.235. The van der Waals surface area contributed by atoms with Crippen LogP contribution in [0.1, 0.15) is 26.5 Å². The van der Waals surface area contributed by atoms with Gasteiger partial charge in [-0.25, -0.2) is 9.98 Å². The van der Waals surface area contributed by atoms with Crippen molar-refractivity contribution < 1.29 is 4.74 Å². The monoisotopic (exact) mass is 280 g/mol. The Hall–Kier alpha value is -2.16. The van der Waals surface area contributed by atoms with Crippen molar-refractivity contribution in [3.8, 4) is 11.3 Å². The quantitative estimate of drug-likeness (QED) is 0.835. The first kappa shape index (κ1) is 13.8. The van der Waals surface area contributed by atoms with Crippen molar-refractivity contribution in [2.45, 2.75) is 26.8 Å². The van der Waals surface area contributed by atoms with Crippen molar-refractivity contribution in [3.05, 3.63) is 54.2 Å². The van der Waals surface area contributed by atoms with Crippen molar-refractivity contribution in [1.29, 1.82) is 0 Å². The summed E-state index contributed by atoms with van der Waals surface area (Å²) in [5, 5.41) is 0. The smallest absolute Gasteiger partial charge is 0.235 e. The molecule has 0 unspecified atom stereocenters. The van der Waals surface area contributed by atoms with Gasteiger partial charge >= 0.3 is 0 Å². The molecule has 3 rings (SSSR count). The molecule has 3 heteroatoms. The van der Waals surface area contributed by atoms with E-state index in [1.165, 1.54) is 0 Å². The van der Waals surface area contributed by atoms with E-state index in [2.05, 4.69) is 37.9 Å². The second-order valence-electron chi connectivity index (χ2n) is 6.40. The Balaban J connectivity index is 1.91. The van der Waals surface area contributed by atoms with E-state index in [-0.39, 0.29) is 11.5 Å². The van der Waals surface area contributed by atoms with E-state index in [1.54, 1.807) is 0 Å². The van der Waals surface area contributed by atoms with Gasteiger partial charge in [0.2, 0.25) is 5.90 Å². The van der Waals surface area contributed by atoms with Crippen LogP contribution in [-0.4, -0.2) is 23.5 Å². The molecule has 0 spiro atoms. The molecule has 2 heterocycles. The van der Waals surface area contributed by atoms with Crippen molar-refractivity contribution in [2.24, 2.45) is 10.4 Å². The van der Waals surface area contributed by atoms with Crippen LogP contribution in [0.25, 0.3) is 11.3 Å². The van der Waals surface area contributed by atoms with Gasteiger partial charge < -0.3 is 4.74 Å². The van der Waals surface area contributed by atoms with Crippen molar-refractivity contribution >= 4 is 5.90 Å². The molecule has 0 fully saturated rings. The first-order chi connectivity index (χ1) is 10.0. The summed E-state index contributed by atoms with van der Waals surface area (Å²) >= 11 is 0. The fourth-order valence-electron chi connectivity index (χ4n) is 2.28. The fraction of sp³-hybridized carbons (Fsp3) is 0.333. The average Bonchev–Trinajstić information content (AvgIpc) is 2.98. The van der Waals surface area contributed by atoms with Crippen molar-refractivity contribution in [2.75, 3.05) is 6.61 Å². The van der Waals surface area contributed by atoms with Gasteiger partial charge in [-0.15, -0.1) is 0 Å². The van der Waals surface area contributed by atoms with Gasteiger partial charge in [-0.05, 0) is 17.5 Å². The highest BCUT2D eigenvalue weighted by Gasteiger charge is 2.31. The maximum Gasteiger partial charge on any atom is 0.235 e. The zero-order valence-electron chi connectivity index (χ0n) is 12.7. The van der Waals surface area contributed by atoms with Gasteiger partial charge in [-0.2, -0.15) is 0 Å². The van der Waals surface area contributed by atoms with Gasteiger partial charge in [0.25, 0.3) is 0 Å². The molecule has 1 aliphatic rings. The molecule has 1 aromatic heterocycles. The summed E-state index contributed by atoms with van der Waals surface area (Å²) in [5.41, 5.74) is 2.96. The number of hydrogen-bond donors (Lipinski definition) is 0. The summed E-state index contributed by atoms with van der Waals surface area (Å²) in [6.45, 7) is 7.18. The molecule has 0 radical (unpaired) electrons. The third kappa shape index (κ3) is 2.97. The first-order valence-electron chi connectivity index (χ1n) is 7.27. The number of aliphatic imine (C=N–C) groups is 1. The summed E-state index contributed by atoms with van der Waals surface area (Å²) in [4.78, 5) is 9.38. The van der Waals surface area contributed by atoms with E-state index in [9.17, 15) is 0 Å². The molecule has 0 N–H and O–H groups in total. The van der Waals surface area contributed by atoms with E-state index in [0.717, 1.165) is 17.0 Å². The molecule has 1 atom stereocenters. The molecule has 21 heavy (non-hydrogen) atoms. The molecule has 108 valence electrons. The lowest BCUT2D eigenvalue weighted by Crippen LogP contribution is -2.25. The molecule has 1 aromatic carbocycles. The van der Waals surface area contributed by atoms with E-state index in [1.807, 2.05) is 36.4 Å². The van der Waals surface area contributed by atoms with Gasteiger partial charge in [0.1, 0.15) is 12.3 Å². The molecule has 0 saturated carbocycles. The van der Waals surface area contributed by atoms with Crippen LogP contribution >= 0.6 is 0 Å². The largest absolute Gasteiger partial charge is 0.474 e. The molecular formula is C18H20N2O. The van der Waals surface area contributed by atoms with Crippen LogP contribution in [0.15, 0.2) is 53.5 Å². The summed E-state index contributed by atoms with van der Waals surface area (Å²) < 4.78 is 5.76. The molecule has 0 bridgehead atoms. The summed E-state index contributed by atoms with van der Waals surface area (Å²) in [6, 6.07) is 16.3. The topological polar surface area (TPSA) is 34.5 Å². The van der Waals surface area contributed by atoms with Crippen LogP contribution in [0, 0.1) is 5.41 Å². The molecule has 1 aliphatic heterocycles. The van der Waals surface area contributed by atoms with E-state index in [0.29, 0.717) is 12.5 Å². The van der Waals surface area contributed by atoms with Crippen LogP contribution in [0.4, 0.5) is 0 Å². The molecule has 3 nitrogen and oxygen atoms in total. The number of benzene rings is 1. The van der Waals surface area contributed by atoms with Crippen LogP contribution in [0.2, 0.25) is 0 Å². The van der Waals surface area contributed by atoms with Gasteiger partial charge in [-0.3, -0.25) is 0 Å². The highest BCUT2D eigenvalue weighted by Crippen LogP contribution is 2.27. The molecule has 2 aromatic rings. The lowest BCUT2D eigenvalue weighted by atomic mass is 9.88. The number of nitrogens with zero attached hydrogens (tertiary/aromatic N) is 2. The van der Waals surface area contributed by atoms with Crippen LogP contribution in [0.5, 0.6) is 0 Å². The maximum atomic E-state index is 5.76. The second-order valence-corrected chi connectivity index (χ2v) is 6.40. The SMILES string of the molecule is CC(C)(C)[C@@H]1COC(c2cccc(-c3ccccc3)n2)=N1. The summed E-state index contributed by atoms with van der Waals surface area (Å²) in [5.74, 6) is 0.660. The van der Waals surface area contributed by atoms with Crippen LogP contribution in [-0.2, 0) is 4.74 Å². The predicted molar refractivity (Wildman–Crippen MR) is 85.4 cm³/mol. The highest BCUT2D eigenvalue weighted by atomic mass is 16.5. The number of rotatable bonds is 2. The summed E-state index contributed by atoms with van der Waals surface area (Å²) in [7, 11) is 0. The van der Waals surface area contributed by atoms with Gasteiger partial charge in [-0.1, -0.05) is 57.2 Å². The molecule has 0 amide bonds. The minimum Gasteiger partial charge on any atom is -0.474 e. The number of pyridine rings is 1. The number of hydrogen-bond acceptors (Lipinski definition) is 3. The third-order valence-corrected chi connectivity index (χ3v) is 3.69. The van der Waals surface area contributed by atoms with Gasteiger partial charge in [0, 0.05) is 5.56 Å². The average molecular weight is 280 g/mol. The number of aromatic nitrogens is 1.